The maximum atomic E-state index is 7.69. The van der Waals surface area contributed by atoms with E-state index in [1.165, 1.54) is 16.3 Å². The minimum Gasteiger partial charge on any atom is -0.306 e. The molecule has 1 N–H and O–H groups in total. The summed E-state index contributed by atoms with van der Waals surface area (Å²) in [6, 6.07) is 55.8. The minimum absolute atomic E-state index is 0.489. The lowest BCUT2D eigenvalue weighted by molar-refractivity contribution is 1.31. The summed E-state index contributed by atoms with van der Waals surface area (Å²) in [6.07, 6.45) is 3.61. The van der Waals surface area contributed by atoms with E-state index in [1.54, 1.807) is 13.0 Å². The van der Waals surface area contributed by atoms with Gasteiger partial charge in [0.1, 0.15) is 0 Å². The van der Waals surface area contributed by atoms with E-state index in [-0.39, 0.29) is 0 Å². The Kier molecular flexibility index (Phi) is 8.67. The third kappa shape index (κ3) is 6.96. The number of aromatic nitrogens is 1. The molecular formula is C45H35N3. The second-order valence-corrected chi connectivity index (χ2v) is 12.1. The van der Waals surface area contributed by atoms with Crippen LogP contribution in [-0.4, -0.2) is 16.9 Å². The maximum Gasteiger partial charge on any atom is 0.0715 e. The monoisotopic (exact) mass is 617 g/mol. The molecule has 230 valence electrons. The molecule has 48 heavy (non-hydrogen) atoms. The highest BCUT2D eigenvalue weighted by molar-refractivity contribution is 5.92. The molecule has 0 atom stereocenters. The van der Waals surface area contributed by atoms with Crippen molar-refractivity contribution in [1.82, 2.24) is 4.98 Å². The third-order valence-electron chi connectivity index (χ3n) is 8.40. The standard InChI is InChI=1S/C45H35N3/c1-31(46)23-32(2)47-30-33-17-19-35(20-18-33)40-25-41(39-22-21-34-11-9-10-16-38(34)24-39)27-42(26-40)43-28-44(36-12-5-3-6-13-36)48-45(29-43)37-14-7-4-8-15-37/h3-30,46H,1-2H3/b32-23-,46-31?,47-30?. The normalized spacial score (nSPS) is 11.7. The minimum atomic E-state index is 0.489. The van der Waals surface area contributed by atoms with E-state index in [2.05, 4.69) is 151 Å². The lowest BCUT2D eigenvalue weighted by atomic mass is 9.91. The largest absolute Gasteiger partial charge is 0.306 e. The number of nitrogens with one attached hydrogen (secondary N) is 1. The first-order chi connectivity index (χ1) is 23.5. The fraction of sp³-hybridized carbons (Fsp3) is 0.0444. The molecule has 3 nitrogen and oxygen atoms in total. The zero-order valence-electron chi connectivity index (χ0n) is 27.1. The molecule has 0 fully saturated rings. The predicted molar refractivity (Wildman–Crippen MR) is 204 cm³/mol. The molecule has 0 unspecified atom stereocenters. The summed E-state index contributed by atoms with van der Waals surface area (Å²) >= 11 is 0. The van der Waals surface area contributed by atoms with Crippen LogP contribution in [0.3, 0.4) is 0 Å². The molecule has 0 bridgehead atoms. The van der Waals surface area contributed by atoms with Gasteiger partial charge in [-0.3, -0.25) is 4.99 Å². The number of pyridine rings is 1. The molecule has 0 saturated carbocycles. The van der Waals surface area contributed by atoms with Crippen molar-refractivity contribution < 1.29 is 0 Å². The number of allylic oxidation sites excluding steroid dienone is 2. The Morgan fingerprint density at radius 3 is 1.58 bits per heavy atom. The summed E-state index contributed by atoms with van der Waals surface area (Å²) in [4.78, 5) is 9.65. The van der Waals surface area contributed by atoms with Gasteiger partial charge in [-0.1, -0.05) is 121 Å². The molecule has 3 heteroatoms. The number of aliphatic imine (C=N–C) groups is 1. The van der Waals surface area contributed by atoms with E-state index < -0.39 is 0 Å². The smallest absolute Gasteiger partial charge is 0.0715 e. The lowest BCUT2D eigenvalue weighted by Crippen LogP contribution is -1.92. The van der Waals surface area contributed by atoms with Crippen LogP contribution in [0.5, 0.6) is 0 Å². The first-order valence-corrected chi connectivity index (χ1v) is 16.1. The van der Waals surface area contributed by atoms with Gasteiger partial charge in [-0.2, -0.15) is 0 Å². The highest BCUT2D eigenvalue weighted by Gasteiger charge is 2.13. The van der Waals surface area contributed by atoms with Crippen LogP contribution in [0, 0.1) is 5.41 Å². The van der Waals surface area contributed by atoms with E-state index in [9.17, 15) is 0 Å². The molecule has 0 aliphatic heterocycles. The van der Waals surface area contributed by atoms with Crippen LogP contribution in [0.4, 0.5) is 0 Å². The quantitative estimate of drug-likeness (QED) is 0.169. The van der Waals surface area contributed by atoms with Crippen LogP contribution < -0.4 is 0 Å². The lowest BCUT2D eigenvalue weighted by Gasteiger charge is -2.14. The molecule has 6 aromatic carbocycles. The average molecular weight is 618 g/mol. The van der Waals surface area contributed by atoms with E-state index in [1.807, 2.05) is 25.3 Å². The van der Waals surface area contributed by atoms with Crippen LogP contribution in [0.25, 0.3) is 66.7 Å². The van der Waals surface area contributed by atoms with Crippen molar-refractivity contribution in [3.8, 4) is 55.9 Å². The Hall–Kier alpha value is -6.19. The van der Waals surface area contributed by atoms with Crippen LogP contribution in [0.1, 0.15) is 19.4 Å². The average Bonchev–Trinajstić information content (AvgIpc) is 3.14. The number of hydrogen-bond acceptors (Lipinski definition) is 3. The number of fused-ring (bicyclic) bond motifs is 1. The summed E-state index contributed by atoms with van der Waals surface area (Å²) in [6.45, 7) is 3.67. The van der Waals surface area contributed by atoms with Crippen LogP contribution in [0.15, 0.2) is 174 Å². The molecule has 0 aliphatic rings. The van der Waals surface area contributed by atoms with E-state index >= 15 is 0 Å². The van der Waals surface area contributed by atoms with E-state index in [0.29, 0.717) is 5.71 Å². The molecule has 1 heterocycles. The van der Waals surface area contributed by atoms with Crippen molar-refractivity contribution in [1.29, 1.82) is 5.41 Å². The van der Waals surface area contributed by atoms with Crippen LogP contribution >= 0.6 is 0 Å². The second-order valence-electron chi connectivity index (χ2n) is 12.1. The first-order valence-electron chi connectivity index (χ1n) is 16.1. The Morgan fingerprint density at radius 1 is 0.479 bits per heavy atom. The molecule has 7 aromatic rings. The molecule has 7 rings (SSSR count). The molecule has 0 radical (unpaired) electrons. The topological polar surface area (TPSA) is 49.1 Å². The van der Waals surface area contributed by atoms with Crippen molar-refractivity contribution in [2.75, 3.05) is 0 Å². The van der Waals surface area contributed by atoms with Crippen molar-refractivity contribution >= 4 is 22.7 Å². The fourth-order valence-electron chi connectivity index (χ4n) is 6.00. The zero-order valence-corrected chi connectivity index (χ0v) is 27.1. The van der Waals surface area contributed by atoms with E-state index in [0.717, 1.165) is 61.6 Å². The van der Waals surface area contributed by atoms with Gasteiger partial charge < -0.3 is 5.41 Å². The molecule has 1 aromatic heterocycles. The summed E-state index contributed by atoms with van der Waals surface area (Å²) in [5.41, 5.74) is 13.2. The zero-order chi connectivity index (χ0) is 32.9. The third-order valence-corrected chi connectivity index (χ3v) is 8.40. The molecule has 0 amide bonds. The second kappa shape index (κ2) is 13.7. The molecule has 0 spiro atoms. The van der Waals surface area contributed by atoms with Gasteiger partial charge in [0.15, 0.2) is 0 Å². The van der Waals surface area contributed by atoms with Gasteiger partial charge in [-0.15, -0.1) is 0 Å². The van der Waals surface area contributed by atoms with Gasteiger partial charge in [0.2, 0.25) is 0 Å². The summed E-state index contributed by atoms with van der Waals surface area (Å²) in [5, 5.41) is 10.1. The number of benzene rings is 6. The van der Waals surface area contributed by atoms with Crippen LogP contribution in [0.2, 0.25) is 0 Å². The van der Waals surface area contributed by atoms with Gasteiger partial charge in [0.25, 0.3) is 0 Å². The number of nitrogens with zero attached hydrogens (tertiary/aromatic N) is 2. The number of rotatable bonds is 8. The summed E-state index contributed by atoms with van der Waals surface area (Å²) in [5.74, 6) is 0. The number of hydrogen-bond donors (Lipinski definition) is 1. The van der Waals surface area contributed by atoms with Gasteiger partial charge in [0, 0.05) is 28.8 Å². The van der Waals surface area contributed by atoms with Gasteiger partial charge in [-0.25, -0.2) is 4.98 Å². The Balaban J connectivity index is 1.38. The van der Waals surface area contributed by atoms with Crippen molar-refractivity contribution in [3.63, 3.8) is 0 Å². The van der Waals surface area contributed by atoms with Gasteiger partial charge >= 0.3 is 0 Å². The Morgan fingerprint density at radius 2 is 0.979 bits per heavy atom. The highest BCUT2D eigenvalue weighted by atomic mass is 14.7. The predicted octanol–water partition coefficient (Wildman–Crippen LogP) is 11.9. The van der Waals surface area contributed by atoms with Gasteiger partial charge in [0.05, 0.1) is 11.4 Å². The molecule has 0 aliphatic carbocycles. The van der Waals surface area contributed by atoms with Crippen molar-refractivity contribution in [3.05, 3.63) is 175 Å². The first kappa shape index (κ1) is 30.5. The maximum absolute atomic E-state index is 7.69. The molecule has 0 saturated heterocycles. The van der Waals surface area contributed by atoms with Crippen molar-refractivity contribution in [2.45, 2.75) is 13.8 Å². The highest BCUT2D eigenvalue weighted by Crippen LogP contribution is 2.36. The van der Waals surface area contributed by atoms with Gasteiger partial charge in [-0.05, 0) is 106 Å². The summed E-state index contributed by atoms with van der Waals surface area (Å²) in [7, 11) is 0. The summed E-state index contributed by atoms with van der Waals surface area (Å²) < 4.78 is 0. The Bertz CT molecular complexity index is 2240. The SMILES string of the molecule is CC(=N)/C=C(/C)N=Cc1ccc(-c2cc(-c3cc(-c4ccccc4)nc(-c4ccccc4)c3)cc(-c3ccc4ccccc4c3)c2)cc1. The molecular weight excluding hydrogens is 583 g/mol. The fourth-order valence-corrected chi connectivity index (χ4v) is 6.00. The van der Waals surface area contributed by atoms with Crippen molar-refractivity contribution in [2.24, 2.45) is 4.99 Å². The van der Waals surface area contributed by atoms with E-state index in [4.69, 9.17) is 10.4 Å². The van der Waals surface area contributed by atoms with Crippen LogP contribution in [-0.2, 0) is 0 Å². The Labute approximate surface area is 282 Å².